The highest BCUT2D eigenvalue weighted by Crippen LogP contribution is 2.30. The molecule has 0 spiro atoms. The zero-order valence-corrected chi connectivity index (χ0v) is 12.8. The van der Waals surface area contributed by atoms with E-state index in [1.54, 1.807) is 6.92 Å². The summed E-state index contributed by atoms with van der Waals surface area (Å²) < 4.78 is 51.4. The smallest absolute Gasteiger partial charge is 0.308 e. The lowest BCUT2D eigenvalue weighted by Crippen LogP contribution is -2.48. The molecule has 1 saturated heterocycles. The summed E-state index contributed by atoms with van der Waals surface area (Å²) in [6.07, 6.45) is -1.79. The molecule has 0 saturated carbocycles. The van der Waals surface area contributed by atoms with Gasteiger partial charge in [-0.1, -0.05) is 12.1 Å². The van der Waals surface area contributed by atoms with E-state index in [2.05, 4.69) is 0 Å². The molecule has 0 amide bonds. The lowest BCUT2D eigenvalue weighted by atomic mass is 9.92. The van der Waals surface area contributed by atoms with E-state index in [9.17, 15) is 22.0 Å². The number of alkyl halides is 2. The van der Waals surface area contributed by atoms with E-state index >= 15 is 0 Å². The monoisotopic (exact) mass is 333 g/mol. The molecular formula is C14H17F2NO4S. The number of rotatable bonds is 4. The van der Waals surface area contributed by atoms with Crippen LogP contribution in [0.3, 0.4) is 0 Å². The van der Waals surface area contributed by atoms with Crippen LogP contribution >= 0.6 is 0 Å². The summed E-state index contributed by atoms with van der Waals surface area (Å²) in [6, 6.07) is 3.73. The van der Waals surface area contributed by atoms with Gasteiger partial charge in [0, 0.05) is 18.2 Å². The second-order valence-corrected chi connectivity index (χ2v) is 7.20. The van der Waals surface area contributed by atoms with Crippen LogP contribution in [0, 0.1) is 5.92 Å². The summed E-state index contributed by atoms with van der Waals surface area (Å²) >= 11 is 0. The molecule has 1 aliphatic rings. The first-order valence-electron chi connectivity index (χ1n) is 6.88. The SMILES string of the molecule is C[C@@H]1[C@H](C(=O)O)CCCN1S(=O)(=O)c1ccc(C(F)F)cc1. The molecule has 1 N–H and O–H groups in total. The first-order chi connectivity index (χ1) is 10.2. The van der Waals surface area contributed by atoms with Gasteiger partial charge in [-0.25, -0.2) is 17.2 Å². The Kier molecular flexibility index (Phi) is 4.81. The first kappa shape index (κ1) is 16.8. The lowest BCUT2D eigenvalue weighted by molar-refractivity contribution is -0.144. The average Bonchev–Trinajstić information content (AvgIpc) is 2.47. The van der Waals surface area contributed by atoms with Crippen LogP contribution in [0.5, 0.6) is 0 Å². The fourth-order valence-electron chi connectivity index (χ4n) is 2.70. The summed E-state index contributed by atoms with van der Waals surface area (Å²) in [5.41, 5.74) is -0.256. The summed E-state index contributed by atoms with van der Waals surface area (Å²) in [5.74, 6) is -1.79. The van der Waals surface area contributed by atoms with Crippen LogP contribution in [-0.2, 0) is 14.8 Å². The molecule has 1 aliphatic heterocycles. The Morgan fingerprint density at radius 1 is 1.32 bits per heavy atom. The Hall–Kier alpha value is -1.54. The van der Waals surface area contributed by atoms with Crippen LogP contribution < -0.4 is 0 Å². The number of hydrogen-bond acceptors (Lipinski definition) is 3. The molecule has 8 heteroatoms. The molecule has 122 valence electrons. The van der Waals surface area contributed by atoms with Crippen molar-refractivity contribution < 1.29 is 27.1 Å². The van der Waals surface area contributed by atoms with Crippen LogP contribution in [0.15, 0.2) is 29.2 Å². The van der Waals surface area contributed by atoms with Crippen LogP contribution in [-0.4, -0.2) is 36.4 Å². The van der Waals surface area contributed by atoms with Gasteiger partial charge in [0.25, 0.3) is 6.43 Å². The van der Waals surface area contributed by atoms with Gasteiger partial charge in [0.15, 0.2) is 0 Å². The Morgan fingerprint density at radius 2 is 1.91 bits per heavy atom. The number of nitrogens with zero attached hydrogens (tertiary/aromatic N) is 1. The highest BCUT2D eigenvalue weighted by Gasteiger charge is 2.39. The predicted molar refractivity (Wildman–Crippen MR) is 75.1 cm³/mol. The number of hydrogen-bond donors (Lipinski definition) is 1. The van der Waals surface area contributed by atoms with Gasteiger partial charge < -0.3 is 5.11 Å². The fourth-order valence-corrected chi connectivity index (χ4v) is 4.41. The van der Waals surface area contributed by atoms with Gasteiger partial charge >= 0.3 is 5.97 Å². The van der Waals surface area contributed by atoms with Crippen molar-refractivity contribution in [3.05, 3.63) is 29.8 Å². The van der Waals surface area contributed by atoms with Gasteiger partial charge in [-0.3, -0.25) is 4.79 Å². The highest BCUT2D eigenvalue weighted by atomic mass is 32.2. The van der Waals surface area contributed by atoms with Crippen molar-refractivity contribution >= 4 is 16.0 Å². The molecule has 1 heterocycles. The van der Waals surface area contributed by atoms with Crippen molar-refractivity contribution in [2.24, 2.45) is 5.92 Å². The summed E-state index contributed by atoms with van der Waals surface area (Å²) in [7, 11) is -3.90. The molecule has 2 atom stereocenters. The molecule has 1 aromatic carbocycles. The van der Waals surface area contributed by atoms with Gasteiger partial charge in [0.05, 0.1) is 10.8 Å². The molecule has 1 aromatic rings. The Labute approximate surface area is 127 Å². The van der Waals surface area contributed by atoms with Crippen LogP contribution in [0.4, 0.5) is 8.78 Å². The zero-order chi connectivity index (χ0) is 16.5. The molecule has 0 radical (unpaired) electrons. The maximum atomic E-state index is 12.6. The largest absolute Gasteiger partial charge is 0.481 e. The third-order valence-electron chi connectivity index (χ3n) is 3.99. The molecule has 2 rings (SSSR count). The molecule has 5 nitrogen and oxygen atoms in total. The summed E-state index contributed by atoms with van der Waals surface area (Å²) in [4.78, 5) is 11.1. The Bertz CT molecular complexity index is 645. The van der Waals surface area contributed by atoms with E-state index in [0.717, 1.165) is 28.6 Å². The van der Waals surface area contributed by atoms with Crippen LogP contribution in [0.1, 0.15) is 31.8 Å². The summed E-state index contributed by atoms with van der Waals surface area (Å²) in [5, 5.41) is 9.16. The first-order valence-corrected chi connectivity index (χ1v) is 8.32. The van der Waals surface area contributed by atoms with Crippen LogP contribution in [0.2, 0.25) is 0 Å². The van der Waals surface area contributed by atoms with Gasteiger partial charge in [0.2, 0.25) is 10.0 Å². The Balaban J connectivity index is 2.31. The quantitative estimate of drug-likeness (QED) is 0.919. The Morgan fingerprint density at radius 3 is 2.41 bits per heavy atom. The second-order valence-electron chi connectivity index (χ2n) is 5.31. The fraction of sp³-hybridized carbons (Fsp3) is 0.500. The van der Waals surface area contributed by atoms with E-state index in [4.69, 9.17) is 5.11 Å². The van der Waals surface area contributed by atoms with Crippen molar-refractivity contribution in [1.82, 2.24) is 4.31 Å². The van der Waals surface area contributed by atoms with Gasteiger partial charge in [0.1, 0.15) is 0 Å². The number of piperidine rings is 1. The number of aliphatic carboxylic acids is 1. The third kappa shape index (κ3) is 3.12. The molecule has 0 aromatic heterocycles. The third-order valence-corrected chi connectivity index (χ3v) is 5.99. The van der Waals surface area contributed by atoms with Crippen molar-refractivity contribution in [1.29, 1.82) is 0 Å². The number of halogens is 2. The second kappa shape index (κ2) is 6.29. The zero-order valence-electron chi connectivity index (χ0n) is 11.9. The standard InChI is InChI=1S/C14H17F2NO4S/c1-9-12(14(18)19)3-2-8-17(9)22(20,21)11-6-4-10(5-7-11)13(15)16/h4-7,9,12-13H,2-3,8H2,1H3,(H,18,19)/t9-,12-/m1/s1. The minimum absolute atomic E-state index is 0.102. The van der Waals surface area contributed by atoms with Gasteiger partial charge in [-0.05, 0) is 31.9 Å². The van der Waals surface area contributed by atoms with Crippen molar-refractivity contribution in [2.75, 3.05) is 6.54 Å². The highest BCUT2D eigenvalue weighted by molar-refractivity contribution is 7.89. The van der Waals surface area contributed by atoms with Crippen molar-refractivity contribution in [2.45, 2.75) is 37.1 Å². The van der Waals surface area contributed by atoms with E-state index in [-0.39, 0.29) is 17.0 Å². The van der Waals surface area contributed by atoms with E-state index < -0.39 is 34.4 Å². The number of carboxylic acids is 1. The van der Waals surface area contributed by atoms with Crippen molar-refractivity contribution in [3.63, 3.8) is 0 Å². The van der Waals surface area contributed by atoms with Crippen LogP contribution in [0.25, 0.3) is 0 Å². The molecule has 0 aliphatic carbocycles. The number of benzene rings is 1. The summed E-state index contributed by atoms with van der Waals surface area (Å²) in [6.45, 7) is 1.78. The molecular weight excluding hydrogens is 316 g/mol. The molecule has 1 fully saturated rings. The molecule has 0 unspecified atom stereocenters. The predicted octanol–water partition coefficient (Wildman–Crippen LogP) is 2.50. The minimum Gasteiger partial charge on any atom is -0.481 e. The topological polar surface area (TPSA) is 74.7 Å². The van der Waals surface area contributed by atoms with E-state index in [0.29, 0.717) is 12.8 Å². The van der Waals surface area contributed by atoms with E-state index in [1.807, 2.05) is 0 Å². The molecule has 22 heavy (non-hydrogen) atoms. The van der Waals surface area contributed by atoms with E-state index in [1.165, 1.54) is 0 Å². The van der Waals surface area contributed by atoms with Gasteiger partial charge in [-0.2, -0.15) is 4.31 Å². The normalized spacial score (nSPS) is 23.6. The van der Waals surface area contributed by atoms with Gasteiger partial charge in [-0.15, -0.1) is 0 Å². The number of carbonyl (C=O) groups is 1. The maximum absolute atomic E-state index is 12.6. The minimum atomic E-state index is -3.90. The maximum Gasteiger partial charge on any atom is 0.308 e. The molecule has 0 bridgehead atoms. The van der Waals surface area contributed by atoms with Crippen molar-refractivity contribution in [3.8, 4) is 0 Å². The average molecular weight is 333 g/mol. The lowest BCUT2D eigenvalue weighted by Gasteiger charge is -2.36. The number of carboxylic acid groups (broad SMARTS) is 1. The number of sulfonamides is 1.